The molecule has 1 aliphatic rings. The van der Waals surface area contributed by atoms with E-state index in [2.05, 4.69) is 10.6 Å². The van der Waals surface area contributed by atoms with Crippen LogP contribution in [0.25, 0.3) is 22.2 Å². The van der Waals surface area contributed by atoms with E-state index in [4.69, 9.17) is 14.2 Å². The molecule has 2 heterocycles. The average Bonchev–Trinajstić information content (AvgIpc) is 3.36. The van der Waals surface area contributed by atoms with Crippen LogP contribution in [-0.2, 0) is 26.0 Å². The van der Waals surface area contributed by atoms with E-state index in [1.807, 2.05) is 49.4 Å². The Labute approximate surface area is 200 Å². The molecule has 1 aromatic heterocycles. The van der Waals surface area contributed by atoms with Gasteiger partial charge in [-0.3, -0.25) is 4.31 Å². The van der Waals surface area contributed by atoms with Crippen LogP contribution in [-0.4, -0.2) is 58.8 Å². The molecule has 180 valence electrons. The van der Waals surface area contributed by atoms with E-state index in [9.17, 15) is 13.7 Å². The Morgan fingerprint density at radius 2 is 1.82 bits per heavy atom. The zero-order chi connectivity index (χ0) is 24.1. The molecule has 0 amide bonds. The average molecular weight is 484 g/mol. The van der Waals surface area contributed by atoms with E-state index in [1.54, 1.807) is 7.11 Å². The number of hydrogen-bond acceptors (Lipinski definition) is 6. The maximum atomic E-state index is 12.3. The third-order valence-corrected chi connectivity index (χ3v) is 7.79. The smallest absolute Gasteiger partial charge is 0.235 e. The van der Waals surface area contributed by atoms with Gasteiger partial charge >= 0.3 is 0 Å². The van der Waals surface area contributed by atoms with Gasteiger partial charge in [-0.15, -0.1) is 0 Å². The second kappa shape index (κ2) is 10.5. The summed E-state index contributed by atoms with van der Waals surface area (Å²) < 4.78 is 44.3. The van der Waals surface area contributed by atoms with E-state index in [0.29, 0.717) is 62.9 Å². The van der Waals surface area contributed by atoms with Crippen LogP contribution in [0.3, 0.4) is 0 Å². The first-order valence-corrected chi connectivity index (χ1v) is 13.0. The minimum Gasteiger partial charge on any atom is -0.491 e. The summed E-state index contributed by atoms with van der Waals surface area (Å²) in [4.78, 5) is 0. The van der Waals surface area contributed by atoms with Crippen LogP contribution < -0.4 is 9.04 Å². The Morgan fingerprint density at radius 1 is 1.06 bits per heavy atom. The summed E-state index contributed by atoms with van der Waals surface area (Å²) in [6, 6.07) is 15.5. The van der Waals surface area contributed by atoms with E-state index < -0.39 is 10.0 Å². The van der Waals surface area contributed by atoms with Gasteiger partial charge in [0.25, 0.3) is 0 Å². The molecule has 2 aromatic carbocycles. The molecule has 0 spiro atoms. The lowest BCUT2D eigenvalue weighted by molar-refractivity contribution is 0.0544. The molecule has 0 saturated carbocycles. The standard InChI is InChI=1S/C25H29N3O5S/c1-3-27-24-17-21(33-15-14-32-13-12-31-2)9-10-22(24)23(18-26)25(27)19-5-7-20(8-6-19)28-11-4-16-34(28,29)30/h5-10,17H,3-4,11-16H2,1-2H3. The second-order valence-electron chi connectivity index (χ2n) is 8.00. The third-order valence-electron chi connectivity index (χ3n) is 5.92. The van der Waals surface area contributed by atoms with Crippen LogP contribution in [0.2, 0.25) is 0 Å². The fraction of sp³-hybridized carbons (Fsp3) is 0.400. The normalized spacial score (nSPS) is 15.0. The maximum absolute atomic E-state index is 12.3. The maximum Gasteiger partial charge on any atom is 0.235 e. The number of rotatable bonds is 10. The Balaban J connectivity index is 1.63. The Kier molecular flexibility index (Phi) is 7.41. The molecule has 1 fully saturated rings. The molecule has 0 aliphatic carbocycles. The highest BCUT2D eigenvalue weighted by atomic mass is 32.2. The largest absolute Gasteiger partial charge is 0.491 e. The van der Waals surface area contributed by atoms with Gasteiger partial charge in [0.05, 0.1) is 48.0 Å². The summed E-state index contributed by atoms with van der Waals surface area (Å²) >= 11 is 0. The van der Waals surface area contributed by atoms with Crippen molar-refractivity contribution in [2.24, 2.45) is 0 Å². The number of hydrogen-bond donors (Lipinski definition) is 0. The number of aromatic nitrogens is 1. The molecule has 1 aliphatic heterocycles. The van der Waals surface area contributed by atoms with E-state index >= 15 is 0 Å². The highest BCUT2D eigenvalue weighted by molar-refractivity contribution is 7.93. The fourth-order valence-corrected chi connectivity index (χ4v) is 5.90. The van der Waals surface area contributed by atoms with Gasteiger partial charge in [-0.05, 0) is 43.2 Å². The van der Waals surface area contributed by atoms with Gasteiger partial charge in [-0.2, -0.15) is 5.26 Å². The Morgan fingerprint density at radius 3 is 2.47 bits per heavy atom. The number of nitriles is 1. The molecule has 4 rings (SSSR count). The monoisotopic (exact) mass is 483 g/mol. The van der Waals surface area contributed by atoms with E-state index in [0.717, 1.165) is 22.2 Å². The highest BCUT2D eigenvalue weighted by Gasteiger charge is 2.28. The van der Waals surface area contributed by atoms with E-state index in [1.165, 1.54) is 4.31 Å². The van der Waals surface area contributed by atoms with Crippen molar-refractivity contribution in [3.63, 3.8) is 0 Å². The predicted molar refractivity (Wildman–Crippen MR) is 132 cm³/mol. The minimum atomic E-state index is -3.24. The summed E-state index contributed by atoms with van der Waals surface area (Å²) in [5.74, 6) is 0.891. The Bertz CT molecular complexity index is 1290. The molecule has 0 radical (unpaired) electrons. The van der Waals surface area contributed by atoms with Crippen molar-refractivity contribution in [1.82, 2.24) is 4.57 Å². The molecule has 34 heavy (non-hydrogen) atoms. The Hall–Kier alpha value is -3.06. The van der Waals surface area contributed by atoms with Crippen molar-refractivity contribution in [3.8, 4) is 23.1 Å². The van der Waals surface area contributed by atoms with Crippen molar-refractivity contribution in [3.05, 3.63) is 48.0 Å². The molecule has 1 saturated heterocycles. The van der Waals surface area contributed by atoms with E-state index in [-0.39, 0.29) is 5.75 Å². The van der Waals surface area contributed by atoms with Crippen LogP contribution in [0.4, 0.5) is 5.69 Å². The fourth-order valence-electron chi connectivity index (χ4n) is 4.34. The molecule has 0 atom stereocenters. The molecular formula is C25H29N3O5S. The number of anilines is 1. The second-order valence-corrected chi connectivity index (χ2v) is 10.0. The highest BCUT2D eigenvalue weighted by Crippen LogP contribution is 2.36. The van der Waals surface area contributed by atoms with Crippen LogP contribution in [0.5, 0.6) is 5.75 Å². The number of nitrogens with zero attached hydrogens (tertiary/aromatic N) is 3. The lowest BCUT2D eigenvalue weighted by atomic mass is 10.1. The number of sulfonamides is 1. The van der Waals surface area contributed by atoms with Gasteiger partial charge in [-0.25, -0.2) is 8.42 Å². The van der Waals surface area contributed by atoms with Crippen molar-refractivity contribution in [2.45, 2.75) is 19.9 Å². The number of benzene rings is 2. The molecule has 0 N–H and O–H groups in total. The van der Waals surface area contributed by atoms with Gasteiger partial charge in [0.15, 0.2) is 0 Å². The topological polar surface area (TPSA) is 93.8 Å². The van der Waals surface area contributed by atoms with Crippen LogP contribution in [0.15, 0.2) is 42.5 Å². The molecule has 0 unspecified atom stereocenters. The van der Waals surface area contributed by atoms with Crippen molar-refractivity contribution >= 4 is 26.6 Å². The lowest BCUT2D eigenvalue weighted by Crippen LogP contribution is -2.24. The third kappa shape index (κ3) is 4.75. The number of ether oxygens (including phenoxy) is 3. The SMILES string of the molecule is CCn1c(-c2ccc(N3CCCS3(=O)=O)cc2)c(C#N)c2ccc(OCCOCCOC)cc21. The molecule has 9 heteroatoms. The van der Waals surface area contributed by atoms with Crippen molar-refractivity contribution in [2.75, 3.05) is 50.1 Å². The van der Waals surface area contributed by atoms with Gasteiger partial charge in [0.1, 0.15) is 18.4 Å². The minimum absolute atomic E-state index is 0.182. The lowest BCUT2D eigenvalue weighted by Gasteiger charge is -2.17. The van der Waals surface area contributed by atoms with Gasteiger partial charge in [-0.1, -0.05) is 12.1 Å². The summed E-state index contributed by atoms with van der Waals surface area (Å²) in [5.41, 5.74) is 3.84. The van der Waals surface area contributed by atoms with Crippen molar-refractivity contribution < 1.29 is 22.6 Å². The van der Waals surface area contributed by atoms with Crippen LogP contribution >= 0.6 is 0 Å². The number of fused-ring (bicyclic) bond motifs is 1. The van der Waals surface area contributed by atoms with Crippen LogP contribution in [0, 0.1) is 11.3 Å². The van der Waals surface area contributed by atoms with Crippen LogP contribution in [0.1, 0.15) is 18.9 Å². The molecule has 8 nitrogen and oxygen atoms in total. The molecular weight excluding hydrogens is 454 g/mol. The summed E-state index contributed by atoms with van der Waals surface area (Å²) in [5, 5.41) is 10.8. The summed E-state index contributed by atoms with van der Waals surface area (Å²) in [6.07, 6.45) is 0.635. The first kappa shape index (κ1) is 24.1. The quantitative estimate of drug-likeness (QED) is 0.408. The first-order chi connectivity index (χ1) is 16.5. The predicted octanol–water partition coefficient (Wildman–Crippen LogP) is 3.78. The zero-order valence-electron chi connectivity index (χ0n) is 19.5. The van der Waals surface area contributed by atoms with Crippen molar-refractivity contribution in [1.29, 1.82) is 5.26 Å². The molecule has 3 aromatic rings. The molecule has 0 bridgehead atoms. The van der Waals surface area contributed by atoms with Gasteiger partial charge < -0.3 is 18.8 Å². The first-order valence-electron chi connectivity index (χ1n) is 11.4. The zero-order valence-corrected chi connectivity index (χ0v) is 20.3. The summed E-state index contributed by atoms with van der Waals surface area (Å²) in [7, 11) is -1.60. The van der Waals surface area contributed by atoms with Gasteiger partial charge in [0.2, 0.25) is 10.0 Å². The van der Waals surface area contributed by atoms with Gasteiger partial charge in [0, 0.05) is 31.7 Å². The number of methoxy groups -OCH3 is 1. The summed E-state index contributed by atoms with van der Waals surface area (Å²) in [6.45, 7) is 5.15. The number of aryl methyl sites for hydroxylation is 1.